The fourth-order valence-corrected chi connectivity index (χ4v) is 4.49. The summed E-state index contributed by atoms with van der Waals surface area (Å²) in [5.74, 6) is 1.20. The van der Waals surface area contributed by atoms with E-state index in [-0.39, 0.29) is 11.9 Å². The Hall–Kier alpha value is -2.73. The van der Waals surface area contributed by atoms with Crippen LogP contribution < -0.4 is 19.7 Å². The number of hydrogen-bond donors (Lipinski definition) is 1. The first-order valence-corrected chi connectivity index (χ1v) is 11.3. The number of likely N-dealkylation sites (N-methyl/N-ethyl adjacent to an activating group) is 1. The van der Waals surface area contributed by atoms with Crippen molar-refractivity contribution in [2.45, 2.75) is 38.8 Å². The quantitative estimate of drug-likeness (QED) is 0.739. The molecule has 6 heteroatoms. The molecule has 0 spiro atoms. The number of anilines is 1. The number of fused-ring (bicyclic) bond motifs is 2. The summed E-state index contributed by atoms with van der Waals surface area (Å²) in [7, 11) is 3.63. The molecule has 166 valence electrons. The average Bonchev–Trinajstić information content (AvgIpc) is 2.80. The molecule has 0 aliphatic carbocycles. The average molecular weight is 424 g/mol. The van der Waals surface area contributed by atoms with E-state index in [1.807, 2.05) is 13.1 Å². The van der Waals surface area contributed by atoms with Crippen molar-refractivity contribution in [2.24, 2.45) is 0 Å². The van der Waals surface area contributed by atoms with Crippen molar-refractivity contribution in [3.8, 4) is 11.5 Å². The van der Waals surface area contributed by atoms with E-state index in [0.29, 0.717) is 30.2 Å². The van der Waals surface area contributed by atoms with Crippen molar-refractivity contribution in [1.29, 1.82) is 0 Å². The number of methoxy groups -OCH3 is 1. The van der Waals surface area contributed by atoms with Crippen molar-refractivity contribution in [3.63, 3.8) is 0 Å². The van der Waals surface area contributed by atoms with Gasteiger partial charge in [0, 0.05) is 32.2 Å². The zero-order valence-corrected chi connectivity index (χ0v) is 18.8. The van der Waals surface area contributed by atoms with Crippen LogP contribution in [0.5, 0.6) is 11.5 Å². The van der Waals surface area contributed by atoms with E-state index < -0.39 is 0 Å². The van der Waals surface area contributed by atoms with Crippen LogP contribution in [0.25, 0.3) is 0 Å². The van der Waals surface area contributed by atoms with E-state index in [9.17, 15) is 4.79 Å². The summed E-state index contributed by atoms with van der Waals surface area (Å²) in [6.07, 6.45) is 3.28. The van der Waals surface area contributed by atoms with Crippen LogP contribution in [0, 0.1) is 0 Å². The molecule has 0 saturated carbocycles. The molecule has 1 atom stereocenters. The molecule has 2 aliphatic rings. The maximum Gasteiger partial charge on any atom is 0.255 e. The highest BCUT2D eigenvalue weighted by atomic mass is 16.5. The third-order valence-electron chi connectivity index (χ3n) is 6.37. The SMILES string of the molecule is CCCCN1Cc2ccccc2C[C@H]1CNC(=O)c1cc(OC)cc2c1OCCN2C. The maximum atomic E-state index is 13.2. The molecule has 0 aromatic heterocycles. The highest BCUT2D eigenvalue weighted by Gasteiger charge is 2.28. The Kier molecular flexibility index (Phi) is 6.66. The van der Waals surface area contributed by atoms with Crippen LogP contribution in [0.15, 0.2) is 36.4 Å². The van der Waals surface area contributed by atoms with E-state index in [2.05, 4.69) is 46.3 Å². The number of nitrogens with zero attached hydrogens (tertiary/aromatic N) is 2. The van der Waals surface area contributed by atoms with Crippen LogP contribution in [0.4, 0.5) is 5.69 Å². The number of amides is 1. The molecule has 1 N–H and O–H groups in total. The Morgan fingerprint density at radius 2 is 2.06 bits per heavy atom. The standard InChI is InChI=1S/C25H33N3O3/c1-4-5-10-28-17-19-9-7-6-8-18(19)13-20(28)16-26-25(29)22-14-21(30-3)15-23-24(22)31-12-11-27(23)2/h6-9,14-15,20H,4-5,10-13,16-17H2,1-3H3,(H,26,29)/t20-/m0/s1. The lowest BCUT2D eigenvalue weighted by atomic mass is 9.93. The fraction of sp³-hybridized carbons (Fsp3) is 0.480. The minimum absolute atomic E-state index is 0.111. The van der Waals surface area contributed by atoms with Gasteiger partial charge in [-0.2, -0.15) is 0 Å². The number of rotatable bonds is 7. The molecular weight excluding hydrogens is 390 g/mol. The van der Waals surface area contributed by atoms with Gasteiger partial charge in [0.15, 0.2) is 5.75 Å². The highest BCUT2D eigenvalue weighted by molar-refractivity contribution is 5.99. The van der Waals surface area contributed by atoms with Gasteiger partial charge in [0.05, 0.1) is 24.9 Å². The van der Waals surface area contributed by atoms with Gasteiger partial charge in [0.25, 0.3) is 5.91 Å². The summed E-state index contributed by atoms with van der Waals surface area (Å²) in [6, 6.07) is 12.6. The number of nitrogens with one attached hydrogen (secondary N) is 1. The predicted molar refractivity (Wildman–Crippen MR) is 123 cm³/mol. The van der Waals surface area contributed by atoms with Gasteiger partial charge in [-0.05, 0) is 36.6 Å². The Balaban J connectivity index is 1.52. The lowest BCUT2D eigenvalue weighted by Crippen LogP contribution is -2.47. The lowest BCUT2D eigenvalue weighted by molar-refractivity contribution is 0.0919. The number of carbonyl (C=O) groups is 1. The van der Waals surface area contributed by atoms with Gasteiger partial charge < -0.3 is 19.7 Å². The first-order chi connectivity index (χ1) is 15.1. The summed E-state index contributed by atoms with van der Waals surface area (Å²) in [6.45, 7) is 6.18. The summed E-state index contributed by atoms with van der Waals surface area (Å²) >= 11 is 0. The van der Waals surface area contributed by atoms with Crippen LogP contribution in [0.1, 0.15) is 41.3 Å². The normalized spacial score (nSPS) is 18.0. The molecule has 0 unspecified atom stereocenters. The van der Waals surface area contributed by atoms with Crippen LogP contribution in [0.2, 0.25) is 0 Å². The first-order valence-electron chi connectivity index (χ1n) is 11.3. The molecule has 0 fully saturated rings. The van der Waals surface area contributed by atoms with E-state index in [4.69, 9.17) is 9.47 Å². The monoisotopic (exact) mass is 423 g/mol. The Labute approximate surface area is 185 Å². The summed E-state index contributed by atoms with van der Waals surface area (Å²) < 4.78 is 11.3. The van der Waals surface area contributed by atoms with E-state index in [0.717, 1.165) is 44.6 Å². The second-order valence-corrected chi connectivity index (χ2v) is 8.45. The van der Waals surface area contributed by atoms with Gasteiger partial charge in [0.1, 0.15) is 12.4 Å². The molecular formula is C25H33N3O3. The lowest BCUT2D eigenvalue weighted by Gasteiger charge is -2.37. The van der Waals surface area contributed by atoms with Gasteiger partial charge in [-0.15, -0.1) is 0 Å². The molecule has 2 aromatic rings. The number of benzene rings is 2. The Morgan fingerprint density at radius 1 is 1.26 bits per heavy atom. The maximum absolute atomic E-state index is 13.2. The molecule has 2 aromatic carbocycles. The Morgan fingerprint density at radius 3 is 2.84 bits per heavy atom. The molecule has 0 radical (unpaired) electrons. The number of ether oxygens (including phenoxy) is 2. The second kappa shape index (κ2) is 9.60. The van der Waals surface area contributed by atoms with Crippen LogP contribution >= 0.6 is 0 Å². The van der Waals surface area contributed by atoms with E-state index in [1.54, 1.807) is 13.2 Å². The molecule has 0 bridgehead atoms. The van der Waals surface area contributed by atoms with Crippen molar-refractivity contribution in [1.82, 2.24) is 10.2 Å². The molecule has 6 nitrogen and oxygen atoms in total. The van der Waals surface area contributed by atoms with Crippen molar-refractivity contribution >= 4 is 11.6 Å². The minimum Gasteiger partial charge on any atom is -0.497 e. The first kappa shape index (κ1) is 21.5. The zero-order chi connectivity index (χ0) is 21.8. The molecule has 31 heavy (non-hydrogen) atoms. The molecule has 2 heterocycles. The number of carbonyl (C=O) groups excluding carboxylic acids is 1. The second-order valence-electron chi connectivity index (χ2n) is 8.45. The van der Waals surface area contributed by atoms with E-state index >= 15 is 0 Å². The van der Waals surface area contributed by atoms with Gasteiger partial charge in [0.2, 0.25) is 0 Å². The van der Waals surface area contributed by atoms with Crippen LogP contribution in [0.3, 0.4) is 0 Å². The van der Waals surface area contributed by atoms with Gasteiger partial charge in [-0.1, -0.05) is 37.6 Å². The largest absolute Gasteiger partial charge is 0.497 e. The van der Waals surface area contributed by atoms with Gasteiger partial charge in [-0.3, -0.25) is 9.69 Å². The van der Waals surface area contributed by atoms with Crippen LogP contribution in [-0.2, 0) is 13.0 Å². The molecule has 4 rings (SSSR count). The number of hydrogen-bond acceptors (Lipinski definition) is 5. The topological polar surface area (TPSA) is 54.0 Å². The fourth-order valence-electron chi connectivity index (χ4n) is 4.49. The zero-order valence-electron chi connectivity index (χ0n) is 18.8. The third kappa shape index (κ3) is 4.64. The molecule has 1 amide bonds. The highest BCUT2D eigenvalue weighted by Crippen LogP contribution is 2.38. The smallest absolute Gasteiger partial charge is 0.255 e. The van der Waals surface area contributed by atoms with Crippen molar-refractivity contribution < 1.29 is 14.3 Å². The molecule has 2 aliphatic heterocycles. The van der Waals surface area contributed by atoms with Crippen molar-refractivity contribution in [2.75, 3.05) is 45.3 Å². The van der Waals surface area contributed by atoms with Gasteiger partial charge >= 0.3 is 0 Å². The minimum atomic E-state index is -0.111. The summed E-state index contributed by atoms with van der Waals surface area (Å²) in [5, 5.41) is 3.19. The van der Waals surface area contributed by atoms with Gasteiger partial charge in [-0.25, -0.2) is 0 Å². The summed E-state index contributed by atoms with van der Waals surface area (Å²) in [5.41, 5.74) is 4.22. The third-order valence-corrected chi connectivity index (χ3v) is 6.37. The van der Waals surface area contributed by atoms with Crippen LogP contribution in [-0.4, -0.2) is 57.2 Å². The van der Waals surface area contributed by atoms with Crippen molar-refractivity contribution in [3.05, 3.63) is 53.1 Å². The van der Waals surface area contributed by atoms with E-state index in [1.165, 1.54) is 11.1 Å². The Bertz CT molecular complexity index is 930. The molecule has 0 saturated heterocycles. The number of unbranched alkanes of at least 4 members (excludes halogenated alkanes) is 1. The predicted octanol–water partition coefficient (Wildman–Crippen LogP) is 3.48. The summed E-state index contributed by atoms with van der Waals surface area (Å²) in [4.78, 5) is 17.8.